The summed E-state index contributed by atoms with van der Waals surface area (Å²) < 4.78 is 13.0. The van der Waals surface area contributed by atoms with Crippen molar-refractivity contribution in [2.24, 2.45) is 0 Å². The van der Waals surface area contributed by atoms with Gasteiger partial charge in [-0.1, -0.05) is 12.1 Å². The van der Waals surface area contributed by atoms with Gasteiger partial charge in [-0.25, -0.2) is 9.18 Å². The third-order valence-corrected chi connectivity index (χ3v) is 3.37. The number of nitrogens with one attached hydrogen (secondary N) is 1. The van der Waals surface area contributed by atoms with Crippen LogP contribution >= 0.6 is 11.3 Å². The van der Waals surface area contributed by atoms with E-state index in [1.807, 2.05) is 0 Å². The van der Waals surface area contributed by atoms with Crippen LogP contribution < -0.4 is 5.32 Å². The summed E-state index contributed by atoms with van der Waals surface area (Å²) in [6.07, 6.45) is 0. The van der Waals surface area contributed by atoms with E-state index in [0.717, 1.165) is 6.07 Å². The maximum Gasteiger partial charge on any atom is 0.331 e. The molecular weight excluding hydrogens is 269 g/mol. The van der Waals surface area contributed by atoms with Gasteiger partial charge in [-0.15, -0.1) is 11.3 Å². The molecule has 2 N–H and O–H groups in total. The molecular formula is C13H10FNO3S. The average molecular weight is 279 g/mol. The molecule has 2 rings (SSSR count). The van der Waals surface area contributed by atoms with Gasteiger partial charge in [0.25, 0.3) is 5.91 Å². The van der Waals surface area contributed by atoms with Crippen LogP contribution in [0, 0.1) is 5.82 Å². The fourth-order valence-electron chi connectivity index (χ4n) is 1.55. The number of carbonyl (C=O) groups excluding carboxylic acids is 1. The van der Waals surface area contributed by atoms with E-state index in [4.69, 9.17) is 5.11 Å². The normalized spacial score (nSPS) is 11.8. The van der Waals surface area contributed by atoms with E-state index in [1.165, 1.54) is 29.5 Å². The summed E-state index contributed by atoms with van der Waals surface area (Å²) in [7, 11) is 0. The van der Waals surface area contributed by atoms with Gasteiger partial charge in [0.05, 0.1) is 0 Å². The standard InChI is InChI=1S/C13H10FNO3S/c14-9-4-1-3-8(7-9)12(16)15-11(13(17)18)10-5-2-6-19-10/h1-7,11H,(H,15,16)(H,17,18). The monoisotopic (exact) mass is 279 g/mol. The summed E-state index contributed by atoms with van der Waals surface area (Å²) >= 11 is 1.23. The lowest BCUT2D eigenvalue weighted by Crippen LogP contribution is -2.33. The van der Waals surface area contributed by atoms with Gasteiger partial charge < -0.3 is 10.4 Å². The first kappa shape index (κ1) is 13.2. The molecule has 1 atom stereocenters. The number of rotatable bonds is 4. The lowest BCUT2D eigenvalue weighted by atomic mass is 10.1. The van der Waals surface area contributed by atoms with Gasteiger partial charge in [0.1, 0.15) is 5.82 Å². The van der Waals surface area contributed by atoms with Gasteiger partial charge in [0, 0.05) is 10.4 Å². The van der Waals surface area contributed by atoms with Crippen molar-refractivity contribution in [3.05, 3.63) is 58.0 Å². The first-order valence-electron chi connectivity index (χ1n) is 5.40. The molecule has 6 heteroatoms. The summed E-state index contributed by atoms with van der Waals surface area (Å²) in [6.45, 7) is 0. The van der Waals surface area contributed by atoms with Crippen LogP contribution in [0.3, 0.4) is 0 Å². The lowest BCUT2D eigenvalue weighted by molar-refractivity contribution is -0.139. The molecule has 0 aliphatic carbocycles. The summed E-state index contributed by atoms with van der Waals surface area (Å²) in [6, 6.07) is 7.28. The molecule has 1 amide bonds. The number of hydrogen-bond donors (Lipinski definition) is 2. The van der Waals surface area contributed by atoms with Crippen LogP contribution in [-0.4, -0.2) is 17.0 Å². The third-order valence-electron chi connectivity index (χ3n) is 2.44. The maximum atomic E-state index is 13.0. The van der Waals surface area contributed by atoms with E-state index in [1.54, 1.807) is 17.5 Å². The molecule has 0 saturated heterocycles. The van der Waals surface area contributed by atoms with Crippen LogP contribution in [0.1, 0.15) is 21.3 Å². The van der Waals surface area contributed by atoms with Crippen molar-refractivity contribution >= 4 is 23.2 Å². The van der Waals surface area contributed by atoms with Crippen LogP contribution in [0.15, 0.2) is 41.8 Å². The second-order valence-electron chi connectivity index (χ2n) is 3.77. The molecule has 0 fully saturated rings. The quantitative estimate of drug-likeness (QED) is 0.903. The van der Waals surface area contributed by atoms with Gasteiger partial charge in [-0.2, -0.15) is 0 Å². The first-order chi connectivity index (χ1) is 9.08. The molecule has 1 aromatic heterocycles. The molecule has 4 nitrogen and oxygen atoms in total. The highest BCUT2D eigenvalue weighted by Gasteiger charge is 2.23. The zero-order chi connectivity index (χ0) is 13.8. The Bertz CT molecular complexity index is 598. The van der Waals surface area contributed by atoms with Crippen molar-refractivity contribution in [3.63, 3.8) is 0 Å². The third kappa shape index (κ3) is 3.17. The summed E-state index contributed by atoms with van der Waals surface area (Å²) in [5.41, 5.74) is 0.0859. The molecule has 0 radical (unpaired) electrons. The summed E-state index contributed by atoms with van der Waals surface area (Å²) in [4.78, 5) is 23.5. The number of carbonyl (C=O) groups is 2. The summed E-state index contributed by atoms with van der Waals surface area (Å²) in [5.74, 6) is -2.33. The number of aliphatic carboxylic acids is 1. The molecule has 1 heterocycles. The Morgan fingerprint density at radius 3 is 2.63 bits per heavy atom. The number of halogens is 1. The molecule has 1 aromatic carbocycles. The minimum atomic E-state index is -1.16. The number of benzene rings is 1. The molecule has 0 spiro atoms. The van der Waals surface area contributed by atoms with E-state index in [0.29, 0.717) is 4.88 Å². The van der Waals surface area contributed by atoms with Gasteiger partial charge in [0.2, 0.25) is 0 Å². The minimum absolute atomic E-state index is 0.0859. The van der Waals surface area contributed by atoms with E-state index >= 15 is 0 Å². The Hall–Kier alpha value is -2.21. The molecule has 0 aliphatic rings. The zero-order valence-corrected chi connectivity index (χ0v) is 10.5. The number of carboxylic acids is 1. The predicted molar refractivity (Wildman–Crippen MR) is 68.6 cm³/mol. The van der Waals surface area contributed by atoms with Crippen molar-refractivity contribution < 1.29 is 19.1 Å². The Morgan fingerprint density at radius 2 is 2.05 bits per heavy atom. The first-order valence-corrected chi connectivity index (χ1v) is 6.28. The molecule has 98 valence electrons. The SMILES string of the molecule is O=C(NC(C(=O)O)c1cccs1)c1cccc(F)c1. The lowest BCUT2D eigenvalue weighted by Gasteiger charge is -2.12. The fourth-order valence-corrected chi connectivity index (χ4v) is 2.32. The molecule has 0 aliphatic heterocycles. The van der Waals surface area contributed by atoms with Crippen molar-refractivity contribution in [1.82, 2.24) is 5.32 Å². The highest BCUT2D eigenvalue weighted by atomic mass is 32.1. The average Bonchev–Trinajstić information content (AvgIpc) is 2.88. The van der Waals surface area contributed by atoms with Crippen LogP contribution in [0.2, 0.25) is 0 Å². The van der Waals surface area contributed by atoms with Gasteiger partial charge >= 0.3 is 5.97 Å². The summed E-state index contributed by atoms with van der Waals surface area (Å²) in [5, 5.41) is 13.2. The molecule has 19 heavy (non-hydrogen) atoms. The number of hydrogen-bond acceptors (Lipinski definition) is 3. The van der Waals surface area contributed by atoms with Crippen LogP contribution in [0.4, 0.5) is 4.39 Å². The van der Waals surface area contributed by atoms with Crippen molar-refractivity contribution in [2.75, 3.05) is 0 Å². The predicted octanol–water partition coefficient (Wildman–Crippen LogP) is 2.44. The van der Waals surface area contributed by atoms with Crippen molar-refractivity contribution in [1.29, 1.82) is 0 Å². The van der Waals surface area contributed by atoms with Crippen LogP contribution in [0.5, 0.6) is 0 Å². The molecule has 1 unspecified atom stereocenters. The second-order valence-corrected chi connectivity index (χ2v) is 4.75. The van der Waals surface area contributed by atoms with Gasteiger partial charge in [0.15, 0.2) is 6.04 Å². The van der Waals surface area contributed by atoms with E-state index in [9.17, 15) is 14.0 Å². The number of amides is 1. The molecule has 0 bridgehead atoms. The Morgan fingerprint density at radius 1 is 1.26 bits per heavy atom. The molecule has 0 saturated carbocycles. The number of carboxylic acid groups (broad SMARTS) is 1. The van der Waals surface area contributed by atoms with Crippen LogP contribution in [0.25, 0.3) is 0 Å². The Labute approximate surface area is 112 Å². The topological polar surface area (TPSA) is 66.4 Å². The maximum absolute atomic E-state index is 13.0. The van der Waals surface area contributed by atoms with E-state index in [-0.39, 0.29) is 5.56 Å². The van der Waals surface area contributed by atoms with Crippen molar-refractivity contribution in [2.45, 2.75) is 6.04 Å². The van der Waals surface area contributed by atoms with Crippen LogP contribution in [-0.2, 0) is 4.79 Å². The highest BCUT2D eigenvalue weighted by molar-refractivity contribution is 7.10. The number of thiophene rings is 1. The van der Waals surface area contributed by atoms with Gasteiger partial charge in [-0.3, -0.25) is 4.79 Å². The van der Waals surface area contributed by atoms with Crippen molar-refractivity contribution in [3.8, 4) is 0 Å². The second kappa shape index (κ2) is 5.62. The largest absolute Gasteiger partial charge is 0.479 e. The minimum Gasteiger partial charge on any atom is -0.479 e. The Balaban J connectivity index is 2.19. The Kier molecular flexibility index (Phi) is 3.91. The highest BCUT2D eigenvalue weighted by Crippen LogP contribution is 2.19. The zero-order valence-electron chi connectivity index (χ0n) is 9.67. The van der Waals surface area contributed by atoms with Gasteiger partial charge in [-0.05, 0) is 29.6 Å². The molecule has 2 aromatic rings. The smallest absolute Gasteiger partial charge is 0.331 e. The fraction of sp³-hybridized carbons (Fsp3) is 0.0769. The van der Waals surface area contributed by atoms with E-state index in [2.05, 4.69) is 5.32 Å². The van der Waals surface area contributed by atoms with E-state index < -0.39 is 23.7 Å².